The van der Waals surface area contributed by atoms with Gasteiger partial charge in [-0.2, -0.15) is 0 Å². The van der Waals surface area contributed by atoms with Gasteiger partial charge in [-0.1, -0.05) is 39.0 Å². The maximum atomic E-state index is 11.5. The Morgan fingerprint density at radius 1 is 1.55 bits per heavy atom. The Balaban J connectivity index is 2.50. The van der Waals surface area contributed by atoms with Crippen LogP contribution in [0.4, 0.5) is 0 Å². The molecule has 20 heavy (non-hydrogen) atoms. The minimum absolute atomic E-state index is 0.0879. The maximum absolute atomic E-state index is 11.5. The Morgan fingerprint density at radius 2 is 2.25 bits per heavy atom. The second kappa shape index (κ2) is 7.47. The van der Waals surface area contributed by atoms with Gasteiger partial charge in [0.25, 0.3) is 5.56 Å². The van der Waals surface area contributed by atoms with E-state index in [9.17, 15) is 4.79 Å². The molecule has 5 nitrogen and oxygen atoms in total. The second-order valence-electron chi connectivity index (χ2n) is 5.54. The molecule has 1 aromatic rings. The molecule has 112 valence electrons. The number of aromatic amines is 1. The van der Waals surface area contributed by atoms with E-state index in [1.165, 1.54) is 0 Å². The van der Waals surface area contributed by atoms with E-state index in [1.54, 1.807) is 17.8 Å². The number of nitrogens with zero attached hydrogens (tertiary/aromatic N) is 1. The highest BCUT2D eigenvalue weighted by molar-refractivity contribution is 7.99. The fourth-order valence-corrected chi connectivity index (χ4v) is 2.59. The van der Waals surface area contributed by atoms with Crippen LogP contribution in [-0.4, -0.2) is 21.6 Å². The predicted molar refractivity (Wildman–Crippen MR) is 84.5 cm³/mol. The van der Waals surface area contributed by atoms with Crippen LogP contribution in [0.3, 0.4) is 0 Å². The smallest absolute Gasteiger partial charge is 0.251 e. The third kappa shape index (κ3) is 5.36. The molecule has 0 saturated heterocycles. The van der Waals surface area contributed by atoms with Crippen LogP contribution in [0.1, 0.15) is 45.7 Å². The predicted octanol–water partition coefficient (Wildman–Crippen LogP) is 2.56. The number of nitrogens with two attached hydrogens (primary N) is 1. The lowest BCUT2D eigenvalue weighted by atomic mass is 9.87. The molecule has 0 radical (unpaired) electrons. The molecule has 0 spiro atoms. The highest BCUT2D eigenvalue weighted by Crippen LogP contribution is 2.24. The van der Waals surface area contributed by atoms with Gasteiger partial charge in [0.1, 0.15) is 0 Å². The summed E-state index contributed by atoms with van der Waals surface area (Å²) in [5.74, 6) is 1.08. The lowest BCUT2D eigenvalue weighted by molar-refractivity contribution is 0.464. The van der Waals surface area contributed by atoms with Crippen molar-refractivity contribution >= 4 is 17.6 Å². The van der Waals surface area contributed by atoms with Crippen molar-refractivity contribution in [1.82, 2.24) is 9.97 Å². The van der Waals surface area contributed by atoms with Gasteiger partial charge in [-0.25, -0.2) is 4.98 Å². The first-order valence-corrected chi connectivity index (χ1v) is 7.91. The van der Waals surface area contributed by atoms with E-state index >= 15 is 0 Å². The number of hydrogen-bond acceptors (Lipinski definition) is 4. The zero-order valence-corrected chi connectivity index (χ0v) is 13.3. The molecule has 1 aromatic heterocycles. The first kappa shape index (κ1) is 16.8. The molecule has 0 bridgehead atoms. The van der Waals surface area contributed by atoms with Gasteiger partial charge in [0, 0.05) is 22.9 Å². The minimum Gasteiger partial charge on any atom is -0.387 e. The SMILES string of the molecule is CCCc1cc(=O)[nH]c(SCCCC(C)(C)C(=N)N)n1. The third-order valence-corrected chi connectivity index (χ3v) is 4.15. The molecule has 0 aromatic carbocycles. The van der Waals surface area contributed by atoms with Crippen molar-refractivity contribution in [3.8, 4) is 0 Å². The molecular formula is C14H24N4OS. The van der Waals surface area contributed by atoms with Gasteiger partial charge in [-0.3, -0.25) is 10.2 Å². The fraction of sp³-hybridized carbons (Fsp3) is 0.643. The summed E-state index contributed by atoms with van der Waals surface area (Å²) in [4.78, 5) is 18.7. The molecule has 0 aliphatic rings. The Morgan fingerprint density at radius 3 is 2.85 bits per heavy atom. The minimum atomic E-state index is -0.258. The van der Waals surface area contributed by atoms with Crippen LogP contribution < -0.4 is 11.3 Å². The van der Waals surface area contributed by atoms with Crippen LogP contribution in [-0.2, 0) is 6.42 Å². The van der Waals surface area contributed by atoms with Crippen molar-refractivity contribution in [3.63, 3.8) is 0 Å². The molecule has 1 rings (SSSR count). The van der Waals surface area contributed by atoms with Crippen LogP contribution in [0.5, 0.6) is 0 Å². The first-order chi connectivity index (χ1) is 9.35. The van der Waals surface area contributed by atoms with Crippen LogP contribution in [0.15, 0.2) is 16.0 Å². The average Bonchev–Trinajstić information content (AvgIpc) is 2.34. The molecule has 0 aliphatic carbocycles. The number of amidine groups is 1. The average molecular weight is 296 g/mol. The van der Waals surface area contributed by atoms with E-state index in [4.69, 9.17) is 11.1 Å². The van der Waals surface area contributed by atoms with E-state index in [2.05, 4.69) is 16.9 Å². The molecule has 0 atom stereocenters. The van der Waals surface area contributed by atoms with Gasteiger partial charge in [-0.05, 0) is 19.3 Å². The molecule has 0 aliphatic heterocycles. The van der Waals surface area contributed by atoms with Crippen LogP contribution in [0.25, 0.3) is 0 Å². The maximum Gasteiger partial charge on any atom is 0.251 e. The highest BCUT2D eigenvalue weighted by Gasteiger charge is 2.20. The normalized spacial score (nSPS) is 11.6. The van der Waals surface area contributed by atoms with Crippen molar-refractivity contribution in [1.29, 1.82) is 5.41 Å². The summed E-state index contributed by atoms with van der Waals surface area (Å²) in [5.41, 5.74) is 6.06. The molecule has 6 heteroatoms. The molecule has 0 fully saturated rings. The summed E-state index contributed by atoms with van der Waals surface area (Å²) in [5, 5.41) is 8.19. The van der Waals surface area contributed by atoms with Gasteiger partial charge < -0.3 is 10.7 Å². The van der Waals surface area contributed by atoms with E-state index in [1.807, 2.05) is 13.8 Å². The van der Waals surface area contributed by atoms with Gasteiger partial charge in [0.15, 0.2) is 5.16 Å². The summed E-state index contributed by atoms with van der Waals surface area (Å²) in [6, 6.07) is 1.56. The summed E-state index contributed by atoms with van der Waals surface area (Å²) < 4.78 is 0. The number of H-pyrrole nitrogens is 1. The van der Waals surface area contributed by atoms with E-state index in [-0.39, 0.29) is 16.8 Å². The van der Waals surface area contributed by atoms with Gasteiger partial charge in [0.05, 0.1) is 5.84 Å². The quantitative estimate of drug-likeness (QED) is 0.226. The number of aromatic nitrogens is 2. The number of aryl methyl sites for hydroxylation is 1. The molecule has 0 amide bonds. The summed E-state index contributed by atoms with van der Waals surface area (Å²) in [6.45, 7) is 6.02. The molecule has 0 unspecified atom stereocenters. The van der Waals surface area contributed by atoms with Gasteiger partial charge >= 0.3 is 0 Å². The topological polar surface area (TPSA) is 95.6 Å². The zero-order valence-electron chi connectivity index (χ0n) is 12.5. The van der Waals surface area contributed by atoms with Crippen molar-refractivity contribution in [2.75, 3.05) is 5.75 Å². The summed E-state index contributed by atoms with van der Waals surface area (Å²) in [7, 11) is 0. The second-order valence-corrected chi connectivity index (χ2v) is 6.63. The number of hydrogen-bond donors (Lipinski definition) is 3. The largest absolute Gasteiger partial charge is 0.387 e. The Kier molecular flexibility index (Phi) is 6.26. The summed E-state index contributed by atoms with van der Waals surface area (Å²) >= 11 is 1.55. The standard InChI is InChI=1S/C14H24N4OS/c1-4-6-10-9-11(19)18-13(17-10)20-8-5-7-14(2,3)12(15)16/h9H,4-8H2,1-3H3,(H3,15,16)(H,17,18,19). The lowest BCUT2D eigenvalue weighted by Gasteiger charge is -2.22. The van der Waals surface area contributed by atoms with Gasteiger partial charge in [0.2, 0.25) is 0 Å². The van der Waals surface area contributed by atoms with E-state index < -0.39 is 0 Å². The summed E-state index contributed by atoms with van der Waals surface area (Å²) in [6.07, 6.45) is 3.59. The molecular weight excluding hydrogens is 272 g/mol. The van der Waals surface area contributed by atoms with Crippen molar-refractivity contribution in [2.45, 2.75) is 51.6 Å². The number of nitrogens with one attached hydrogen (secondary N) is 2. The van der Waals surface area contributed by atoms with E-state index in [0.29, 0.717) is 5.16 Å². The third-order valence-electron chi connectivity index (χ3n) is 3.19. The van der Waals surface area contributed by atoms with Crippen LogP contribution >= 0.6 is 11.8 Å². The van der Waals surface area contributed by atoms with Gasteiger partial charge in [-0.15, -0.1) is 0 Å². The Hall–Kier alpha value is -1.30. The van der Waals surface area contributed by atoms with Crippen molar-refractivity contribution in [2.24, 2.45) is 11.1 Å². The van der Waals surface area contributed by atoms with E-state index in [0.717, 1.165) is 37.1 Å². The molecule has 1 heterocycles. The zero-order chi connectivity index (χ0) is 15.2. The number of rotatable bonds is 8. The monoisotopic (exact) mass is 296 g/mol. The lowest BCUT2D eigenvalue weighted by Crippen LogP contribution is -2.30. The van der Waals surface area contributed by atoms with Crippen molar-refractivity contribution < 1.29 is 0 Å². The highest BCUT2D eigenvalue weighted by atomic mass is 32.2. The van der Waals surface area contributed by atoms with Crippen molar-refractivity contribution in [3.05, 3.63) is 22.1 Å². The van der Waals surface area contributed by atoms with Crippen LogP contribution in [0.2, 0.25) is 0 Å². The Bertz CT molecular complexity index is 510. The fourth-order valence-electron chi connectivity index (χ4n) is 1.75. The number of thioether (sulfide) groups is 1. The van der Waals surface area contributed by atoms with Crippen LogP contribution in [0, 0.1) is 10.8 Å². The molecule has 4 N–H and O–H groups in total. The first-order valence-electron chi connectivity index (χ1n) is 6.92. The molecule has 0 saturated carbocycles. The Labute approximate surface area is 124 Å².